The molecule has 2 aliphatic rings. The molecule has 26 heavy (non-hydrogen) atoms. The van der Waals surface area contributed by atoms with Crippen LogP contribution in [0.15, 0.2) is 22.8 Å². The molecular formula is C19H31N3O4. The van der Waals surface area contributed by atoms with Gasteiger partial charge in [0.1, 0.15) is 5.76 Å². The van der Waals surface area contributed by atoms with Gasteiger partial charge >= 0.3 is 6.03 Å². The van der Waals surface area contributed by atoms with Gasteiger partial charge in [-0.1, -0.05) is 0 Å². The minimum absolute atomic E-state index is 0.105. The summed E-state index contributed by atoms with van der Waals surface area (Å²) in [5.74, 6) is 0.912. The highest BCUT2D eigenvalue weighted by molar-refractivity contribution is 5.73. The second-order valence-electron chi connectivity index (χ2n) is 6.97. The van der Waals surface area contributed by atoms with E-state index in [0.717, 1.165) is 44.7 Å². The molecule has 2 aliphatic heterocycles. The van der Waals surface area contributed by atoms with Gasteiger partial charge in [-0.3, -0.25) is 4.90 Å². The zero-order valence-electron chi connectivity index (χ0n) is 15.5. The number of carbonyl (C=O) groups excluding carboxylic acids is 1. The first-order valence-corrected chi connectivity index (χ1v) is 9.81. The molecule has 0 spiro atoms. The summed E-state index contributed by atoms with van der Waals surface area (Å²) in [5, 5.41) is 5.86. The monoisotopic (exact) mass is 365 g/mol. The molecule has 1 aromatic rings. The van der Waals surface area contributed by atoms with Crippen LogP contribution in [0, 0.1) is 0 Å². The van der Waals surface area contributed by atoms with Gasteiger partial charge in [-0.05, 0) is 57.3 Å². The Hall–Kier alpha value is -1.57. The molecule has 7 nitrogen and oxygen atoms in total. The normalized spacial score (nSPS) is 21.8. The Morgan fingerprint density at radius 3 is 2.92 bits per heavy atom. The summed E-state index contributed by atoms with van der Waals surface area (Å²) in [6.07, 6.45) is 7.38. The quantitative estimate of drug-likeness (QED) is 0.622. The molecule has 3 rings (SSSR count). The van der Waals surface area contributed by atoms with Gasteiger partial charge in [-0.2, -0.15) is 0 Å². The van der Waals surface area contributed by atoms with Crippen LogP contribution in [0.3, 0.4) is 0 Å². The summed E-state index contributed by atoms with van der Waals surface area (Å²) in [5.41, 5.74) is 0. The molecule has 3 heterocycles. The van der Waals surface area contributed by atoms with E-state index in [4.69, 9.17) is 13.9 Å². The van der Waals surface area contributed by atoms with Crippen molar-refractivity contribution in [2.24, 2.45) is 0 Å². The smallest absolute Gasteiger partial charge is 0.314 e. The number of ether oxygens (including phenoxy) is 2. The number of rotatable bonds is 10. The molecule has 2 atom stereocenters. The molecule has 7 heteroatoms. The maximum absolute atomic E-state index is 12.0. The number of amides is 2. The minimum atomic E-state index is -0.139. The Bertz CT molecular complexity index is 511. The first kappa shape index (κ1) is 19.2. The Balaban J connectivity index is 1.28. The molecule has 0 bridgehead atoms. The van der Waals surface area contributed by atoms with Crippen LogP contribution in [-0.2, 0) is 9.47 Å². The average molecular weight is 365 g/mol. The number of nitrogens with one attached hydrogen (secondary N) is 2. The number of hydrogen-bond donors (Lipinski definition) is 2. The summed E-state index contributed by atoms with van der Waals surface area (Å²) in [6, 6.07) is 3.84. The number of nitrogens with zero attached hydrogens (tertiary/aromatic N) is 1. The Morgan fingerprint density at radius 2 is 2.19 bits per heavy atom. The lowest BCUT2D eigenvalue weighted by molar-refractivity contribution is 0.0168. The predicted octanol–water partition coefficient (Wildman–Crippen LogP) is 2.30. The fourth-order valence-electron chi connectivity index (χ4n) is 3.56. The Labute approximate surface area is 155 Å². The summed E-state index contributed by atoms with van der Waals surface area (Å²) in [7, 11) is 0. The van der Waals surface area contributed by atoms with Crippen LogP contribution in [-0.4, -0.2) is 63.0 Å². The van der Waals surface area contributed by atoms with Crippen LogP contribution in [0.2, 0.25) is 0 Å². The van der Waals surface area contributed by atoms with Crippen molar-refractivity contribution >= 4 is 6.03 Å². The van der Waals surface area contributed by atoms with Crippen molar-refractivity contribution in [3.05, 3.63) is 24.2 Å². The predicted molar refractivity (Wildman–Crippen MR) is 98.1 cm³/mol. The van der Waals surface area contributed by atoms with Crippen LogP contribution in [0.1, 0.15) is 43.9 Å². The van der Waals surface area contributed by atoms with Gasteiger partial charge in [0.2, 0.25) is 0 Å². The van der Waals surface area contributed by atoms with Crippen molar-refractivity contribution < 1.29 is 18.7 Å². The highest BCUT2D eigenvalue weighted by Gasteiger charge is 2.25. The third kappa shape index (κ3) is 6.00. The second-order valence-corrected chi connectivity index (χ2v) is 6.97. The Kier molecular flexibility index (Phi) is 7.79. The van der Waals surface area contributed by atoms with Gasteiger partial charge in [0.15, 0.2) is 0 Å². The largest absolute Gasteiger partial charge is 0.468 e. The molecule has 2 unspecified atom stereocenters. The molecular weight excluding hydrogens is 334 g/mol. The van der Waals surface area contributed by atoms with Gasteiger partial charge in [-0.15, -0.1) is 0 Å². The van der Waals surface area contributed by atoms with Crippen molar-refractivity contribution in [3.63, 3.8) is 0 Å². The van der Waals surface area contributed by atoms with Crippen molar-refractivity contribution in [2.45, 2.75) is 44.2 Å². The number of carbonyl (C=O) groups is 1. The minimum Gasteiger partial charge on any atom is -0.468 e. The average Bonchev–Trinajstić information content (AvgIpc) is 3.42. The van der Waals surface area contributed by atoms with Crippen molar-refractivity contribution in [3.8, 4) is 0 Å². The zero-order valence-corrected chi connectivity index (χ0v) is 15.5. The van der Waals surface area contributed by atoms with E-state index in [2.05, 4.69) is 15.5 Å². The topological polar surface area (TPSA) is 76.0 Å². The van der Waals surface area contributed by atoms with E-state index in [1.807, 2.05) is 12.1 Å². The fourth-order valence-corrected chi connectivity index (χ4v) is 3.56. The van der Waals surface area contributed by atoms with Crippen LogP contribution in [0.5, 0.6) is 0 Å². The second kappa shape index (κ2) is 10.5. The lowest BCUT2D eigenvalue weighted by atomic mass is 10.2. The maximum atomic E-state index is 12.0. The van der Waals surface area contributed by atoms with Gasteiger partial charge in [0.05, 0.1) is 25.0 Å². The van der Waals surface area contributed by atoms with Gasteiger partial charge in [0, 0.05) is 26.3 Å². The van der Waals surface area contributed by atoms with Gasteiger partial charge in [-0.25, -0.2) is 4.79 Å². The zero-order chi connectivity index (χ0) is 18.0. The molecule has 2 saturated heterocycles. The van der Waals surface area contributed by atoms with E-state index in [9.17, 15) is 4.79 Å². The van der Waals surface area contributed by atoms with Crippen LogP contribution >= 0.6 is 0 Å². The molecule has 0 radical (unpaired) electrons. The van der Waals surface area contributed by atoms with Crippen LogP contribution in [0.25, 0.3) is 0 Å². The molecule has 1 aromatic heterocycles. The highest BCUT2D eigenvalue weighted by Crippen LogP contribution is 2.24. The molecule has 146 valence electrons. The SMILES string of the molecule is O=C(NCCCOCC1CCCO1)NCC(c1ccco1)N1CCCC1. The molecule has 0 aliphatic carbocycles. The van der Waals surface area contributed by atoms with Crippen LogP contribution < -0.4 is 10.6 Å². The van der Waals surface area contributed by atoms with E-state index in [1.54, 1.807) is 6.26 Å². The fraction of sp³-hybridized carbons (Fsp3) is 0.737. The number of likely N-dealkylation sites (tertiary alicyclic amines) is 1. The third-order valence-corrected chi connectivity index (χ3v) is 4.99. The van der Waals surface area contributed by atoms with Crippen LogP contribution in [0.4, 0.5) is 4.79 Å². The van der Waals surface area contributed by atoms with E-state index >= 15 is 0 Å². The first-order chi connectivity index (χ1) is 12.8. The van der Waals surface area contributed by atoms with Gasteiger partial charge in [0.25, 0.3) is 0 Å². The lowest BCUT2D eigenvalue weighted by Gasteiger charge is -2.26. The summed E-state index contributed by atoms with van der Waals surface area (Å²) in [6.45, 7) is 5.41. The van der Waals surface area contributed by atoms with E-state index in [1.165, 1.54) is 12.8 Å². The Morgan fingerprint density at radius 1 is 1.31 bits per heavy atom. The van der Waals surface area contributed by atoms with Crippen molar-refractivity contribution in [1.29, 1.82) is 0 Å². The lowest BCUT2D eigenvalue weighted by Crippen LogP contribution is -2.41. The maximum Gasteiger partial charge on any atom is 0.314 e. The molecule has 2 N–H and O–H groups in total. The summed E-state index contributed by atoms with van der Waals surface area (Å²) in [4.78, 5) is 14.4. The first-order valence-electron chi connectivity index (χ1n) is 9.81. The summed E-state index contributed by atoms with van der Waals surface area (Å²) >= 11 is 0. The highest BCUT2D eigenvalue weighted by atomic mass is 16.5. The molecule has 2 fully saturated rings. The van der Waals surface area contributed by atoms with Crippen molar-refractivity contribution in [2.75, 3.05) is 46.0 Å². The molecule has 2 amide bonds. The van der Waals surface area contributed by atoms with E-state index < -0.39 is 0 Å². The number of urea groups is 1. The van der Waals surface area contributed by atoms with Crippen molar-refractivity contribution in [1.82, 2.24) is 15.5 Å². The third-order valence-electron chi connectivity index (χ3n) is 4.99. The van der Waals surface area contributed by atoms with Gasteiger partial charge < -0.3 is 24.5 Å². The standard InChI is InChI=1S/C19H31N3O4/c23-19(20-8-5-11-24-15-16-6-3-12-25-16)21-14-17(18-7-4-13-26-18)22-9-1-2-10-22/h4,7,13,16-17H,1-3,5-6,8-12,14-15H2,(H2,20,21,23). The summed E-state index contributed by atoms with van der Waals surface area (Å²) < 4.78 is 16.7. The number of furan rings is 1. The van der Waals surface area contributed by atoms with E-state index in [-0.39, 0.29) is 18.2 Å². The number of hydrogen-bond acceptors (Lipinski definition) is 5. The molecule has 0 aromatic carbocycles. The molecule has 0 saturated carbocycles. The van der Waals surface area contributed by atoms with E-state index in [0.29, 0.717) is 26.3 Å².